The van der Waals surface area contributed by atoms with Gasteiger partial charge >= 0.3 is 12.2 Å². The minimum Gasteiger partial charge on any atom is -0.330 e. The average Bonchev–Trinajstić information content (AvgIpc) is 2.70. The highest BCUT2D eigenvalue weighted by Crippen LogP contribution is 2.34. The van der Waals surface area contributed by atoms with E-state index in [4.69, 9.17) is 0 Å². The van der Waals surface area contributed by atoms with Crippen LogP contribution in [0.3, 0.4) is 0 Å². The van der Waals surface area contributed by atoms with Crippen molar-refractivity contribution in [3.05, 3.63) is 58.6 Å². The van der Waals surface area contributed by atoms with Crippen molar-refractivity contribution in [2.45, 2.75) is 6.18 Å². The molecule has 0 radical (unpaired) electrons. The zero-order valence-corrected chi connectivity index (χ0v) is 17.7. The van der Waals surface area contributed by atoms with Gasteiger partial charge in [0.15, 0.2) is 0 Å². The summed E-state index contributed by atoms with van der Waals surface area (Å²) in [5.41, 5.74) is -0.783. The van der Waals surface area contributed by atoms with Gasteiger partial charge in [-0.05, 0) is 36.4 Å². The first-order valence-corrected chi connectivity index (χ1v) is 9.98. The number of amides is 4. The Balaban J connectivity index is 1.54. The number of urea groups is 1. The van der Waals surface area contributed by atoms with Crippen molar-refractivity contribution >= 4 is 45.2 Å². The molecule has 2 aromatic rings. The normalized spacial score (nSPS) is 14.4. The summed E-state index contributed by atoms with van der Waals surface area (Å²) in [6, 6.07) is 11.1. The topological polar surface area (TPSA) is 81.8 Å². The van der Waals surface area contributed by atoms with Crippen molar-refractivity contribution in [1.29, 1.82) is 0 Å². The van der Waals surface area contributed by atoms with Gasteiger partial charge in [0.25, 0.3) is 0 Å². The number of piperazine rings is 1. The molecule has 0 unspecified atom stereocenters. The highest BCUT2D eigenvalue weighted by atomic mass is 79.9. The molecule has 164 valence electrons. The van der Waals surface area contributed by atoms with Gasteiger partial charge in [0, 0.05) is 23.2 Å². The van der Waals surface area contributed by atoms with E-state index in [2.05, 4.69) is 26.6 Å². The molecule has 2 aromatic carbocycles. The number of hydrogen-bond acceptors (Lipinski definition) is 3. The van der Waals surface area contributed by atoms with E-state index >= 15 is 0 Å². The SMILES string of the molecule is O=C(CN1CCN(C(=O)Nc2ccc(Br)cc2)CC1=O)Nc1ccccc1C(F)(F)F. The van der Waals surface area contributed by atoms with Crippen molar-refractivity contribution in [1.82, 2.24) is 9.80 Å². The Morgan fingerprint density at radius 1 is 1.00 bits per heavy atom. The van der Waals surface area contributed by atoms with E-state index in [-0.39, 0.29) is 25.3 Å². The number of nitrogens with zero attached hydrogens (tertiary/aromatic N) is 2. The quantitative estimate of drug-likeness (QED) is 0.672. The van der Waals surface area contributed by atoms with Gasteiger partial charge in [0.1, 0.15) is 6.54 Å². The molecule has 7 nitrogen and oxygen atoms in total. The van der Waals surface area contributed by atoms with E-state index in [0.29, 0.717) is 5.69 Å². The van der Waals surface area contributed by atoms with E-state index in [1.807, 2.05) is 0 Å². The fraction of sp³-hybridized carbons (Fsp3) is 0.250. The van der Waals surface area contributed by atoms with E-state index in [1.165, 1.54) is 21.9 Å². The number of anilines is 2. The lowest BCUT2D eigenvalue weighted by Crippen LogP contribution is -2.54. The van der Waals surface area contributed by atoms with Crippen molar-refractivity contribution in [3.8, 4) is 0 Å². The zero-order chi connectivity index (χ0) is 22.6. The summed E-state index contributed by atoms with van der Waals surface area (Å²) in [7, 11) is 0. The molecule has 1 saturated heterocycles. The molecular weight excluding hydrogens is 481 g/mol. The molecule has 4 amide bonds. The Labute approximate surface area is 184 Å². The van der Waals surface area contributed by atoms with Crippen molar-refractivity contribution in [2.75, 3.05) is 36.8 Å². The second kappa shape index (κ2) is 9.38. The zero-order valence-electron chi connectivity index (χ0n) is 16.1. The second-order valence-corrected chi connectivity index (χ2v) is 7.68. The Hall–Kier alpha value is -3.08. The van der Waals surface area contributed by atoms with E-state index in [0.717, 1.165) is 16.6 Å². The molecule has 2 N–H and O–H groups in total. The molecule has 0 bridgehead atoms. The van der Waals surface area contributed by atoms with Crippen LogP contribution in [0.1, 0.15) is 5.56 Å². The molecule has 3 rings (SSSR count). The third-order valence-electron chi connectivity index (χ3n) is 4.54. The van der Waals surface area contributed by atoms with Crippen LogP contribution in [0.25, 0.3) is 0 Å². The number of hydrogen-bond donors (Lipinski definition) is 2. The van der Waals surface area contributed by atoms with Gasteiger partial charge in [-0.15, -0.1) is 0 Å². The van der Waals surface area contributed by atoms with Gasteiger partial charge < -0.3 is 20.4 Å². The van der Waals surface area contributed by atoms with Crippen molar-refractivity contribution < 1.29 is 27.6 Å². The summed E-state index contributed by atoms with van der Waals surface area (Å²) in [5.74, 6) is -1.23. The van der Waals surface area contributed by atoms with Crippen LogP contribution in [0, 0.1) is 0 Å². The lowest BCUT2D eigenvalue weighted by atomic mass is 10.1. The molecule has 31 heavy (non-hydrogen) atoms. The summed E-state index contributed by atoms with van der Waals surface area (Å²) < 4.78 is 40.0. The van der Waals surface area contributed by atoms with Crippen LogP contribution in [-0.4, -0.2) is 53.8 Å². The first kappa shape index (κ1) is 22.6. The molecule has 1 fully saturated rings. The van der Waals surface area contributed by atoms with Crippen LogP contribution in [0.5, 0.6) is 0 Å². The summed E-state index contributed by atoms with van der Waals surface area (Å²) in [6.45, 7) is -0.385. The van der Waals surface area contributed by atoms with Gasteiger partial charge in [0.05, 0.1) is 17.8 Å². The van der Waals surface area contributed by atoms with Crippen LogP contribution < -0.4 is 10.6 Å². The van der Waals surface area contributed by atoms with E-state index in [1.54, 1.807) is 24.3 Å². The third-order valence-corrected chi connectivity index (χ3v) is 5.07. The highest BCUT2D eigenvalue weighted by Gasteiger charge is 2.34. The molecule has 1 aliphatic heterocycles. The Morgan fingerprint density at radius 3 is 2.32 bits per heavy atom. The molecule has 1 heterocycles. The van der Waals surface area contributed by atoms with Crippen molar-refractivity contribution in [3.63, 3.8) is 0 Å². The molecule has 1 aliphatic rings. The van der Waals surface area contributed by atoms with Gasteiger partial charge in [0.2, 0.25) is 11.8 Å². The minimum absolute atomic E-state index is 0.0843. The van der Waals surface area contributed by atoms with Crippen LogP contribution in [0.4, 0.5) is 29.3 Å². The van der Waals surface area contributed by atoms with E-state index < -0.39 is 36.1 Å². The molecule has 11 heteroatoms. The van der Waals surface area contributed by atoms with Crippen molar-refractivity contribution in [2.24, 2.45) is 0 Å². The number of carbonyl (C=O) groups excluding carboxylic acids is 3. The number of carbonyl (C=O) groups is 3. The molecule has 0 saturated carbocycles. The minimum atomic E-state index is -4.62. The largest absolute Gasteiger partial charge is 0.418 e. The summed E-state index contributed by atoms with van der Waals surface area (Å²) in [5, 5.41) is 4.88. The standard InChI is InChI=1S/C20H18BrF3N4O3/c21-13-5-7-14(8-6-13)25-19(31)28-10-9-27(18(30)12-28)11-17(29)26-16-4-2-1-3-15(16)20(22,23)24/h1-8H,9-12H2,(H,25,31)(H,26,29). The molecule has 0 aliphatic carbocycles. The number of nitrogens with one attached hydrogen (secondary N) is 2. The Bertz CT molecular complexity index is 982. The van der Waals surface area contributed by atoms with Crippen LogP contribution in [-0.2, 0) is 15.8 Å². The van der Waals surface area contributed by atoms with E-state index in [9.17, 15) is 27.6 Å². The Kier molecular flexibility index (Phi) is 6.84. The summed E-state index contributed by atoms with van der Waals surface area (Å²) >= 11 is 3.29. The van der Waals surface area contributed by atoms with Gasteiger partial charge in [-0.2, -0.15) is 13.2 Å². The number of rotatable bonds is 4. The molecule has 0 aromatic heterocycles. The van der Waals surface area contributed by atoms with Gasteiger partial charge in [-0.3, -0.25) is 9.59 Å². The first-order chi connectivity index (χ1) is 14.6. The predicted octanol–water partition coefficient (Wildman–Crippen LogP) is 3.78. The summed E-state index contributed by atoms with van der Waals surface area (Å²) in [6.07, 6.45) is -4.62. The number of alkyl halides is 3. The predicted molar refractivity (Wildman–Crippen MR) is 111 cm³/mol. The number of benzene rings is 2. The van der Waals surface area contributed by atoms with Crippen LogP contribution in [0.15, 0.2) is 53.0 Å². The van der Waals surface area contributed by atoms with Crippen LogP contribution in [0.2, 0.25) is 0 Å². The molecule has 0 spiro atoms. The second-order valence-electron chi connectivity index (χ2n) is 6.77. The first-order valence-electron chi connectivity index (χ1n) is 9.19. The molecular formula is C20H18BrF3N4O3. The monoisotopic (exact) mass is 498 g/mol. The molecule has 0 atom stereocenters. The maximum absolute atomic E-state index is 13.1. The summed E-state index contributed by atoms with van der Waals surface area (Å²) in [4.78, 5) is 39.4. The fourth-order valence-electron chi connectivity index (χ4n) is 2.99. The maximum Gasteiger partial charge on any atom is 0.418 e. The lowest BCUT2D eigenvalue weighted by Gasteiger charge is -2.34. The third kappa shape index (κ3) is 5.97. The lowest BCUT2D eigenvalue weighted by molar-refractivity contribution is -0.138. The fourth-order valence-corrected chi connectivity index (χ4v) is 3.25. The van der Waals surface area contributed by atoms with Gasteiger partial charge in [-0.1, -0.05) is 28.1 Å². The van der Waals surface area contributed by atoms with Gasteiger partial charge in [-0.25, -0.2) is 4.79 Å². The average molecular weight is 499 g/mol. The Morgan fingerprint density at radius 2 is 1.68 bits per heavy atom. The maximum atomic E-state index is 13.1. The number of halogens is 4. The van der Waals surface area contributed by atoms with Crippen LogP contribution >= 0.6 is 15.9 Å². The smallest absolute Gasteiger partial charge is 0.330 e. The highest BCUT2D eigenvalue weighted by molar-refractivity contribution is 9.10. The number of para-hydroxylation sites is 1.